The molecule has 0 saturated heterocycles. The molecule has 0 unspecified atom stereocenters. The van der Waals surface area contributed by atoms with Crippen LogP contribution >= 0.6 is 0 Å². The second-order valence-corrected chi connectivity index (χ2v) is 5.71. The Morgan fingerprint density at radius 3 is 2.35 bits per heavy atom. The molecule has 1 aromatic rings. The van der Waals surface area contributed by atoms with Gasteiger partial charge in [-0.1, -0.05) is 26.8 Å². The molecule has 1 amide bonds. The number of pyridine rings is 1. The minimum Gasteiger partial charge on any atom is -0.481 e. The van der Waals surface area contributed by atoms with Crippen LogP contribution in [0.25, 0.3) is 0 Å². The van der Waals surface area contributed by atoms with Gasteiger partial charge < -0.3 is 10.0 Å². The molecule has 110 valence electrons. The second kappa shape index (κ2) is 6.50. The average molecular weight is 278 g/mol. The maximum Gasteiger partial charge on any atom is 0.305 e. The number of hydrogen-bond donors (Lipinski definition) is 1. The highest BCUT2D eigenvalue weighted by atomic mass is 16.4. The summed E-state index contributed by atoms with van der Waals surface area (Å²) in [5.41, 5.74) is 1.40. The Kier molecular flexibility index (Phi) is 5.25. The van der Waals surface area contributed by atoms with Crippen molar-refractivity contribution in [2.24, 2.45) is 0 Å². The Morgan fingerprint density at radius 1 is 1.30 bits per heavy atom. The molecule has 5 heteroatoms. The van der Waals surface area contributed by atoms with E-state index in [2.05, 4.69) is 25.8 Å². The number of carbonyl (C=O) groups is 2. The van der Waals surface area contributed by atoms with Gasteiger partial charge in [-0.2, -0.15) is 0 Å². The van der Waals surface area contributed by atoms with E-state index in [-0.39, 0.29) is 24.3 Å². The van der Waals surface area contributed by atoms with Crippen molar-refractivity contribution in [2.45, 2.75) is 39.5 Å². The van der Waals surface area contributed by atoms with Crippen molar-refractivity contribution in [1.29, 1.82) is 0 Å². The number of hydrogen-bond acceptors (Lipinski definition) is 3. The third kappa shape index (κ3) is 4.33. The third-order valence-corrected chi connectivity index (χ3v) is 3.11. The predicted molar refractivity (Wildman–Crippen MR) is 76.8 cm³/mol. The van der Waals surface area contributed by atoms with Gasteiger partial charge in [-0.15, -0.1) is 0 Å². The van der Waals surface area contributed by atoms with Gasteiger partial charge in [-0.05, 0) is 24.0 Å². The van der Waals surface area contributed by atoms with Gasteiger partial charge in [0, 0.05) is 19.3 Å². The highest BCUT2D eigenvalue weighted by Crippen LogP contribution is 2.21. The number of carboxylic acid groups (broad SMARTS) is 1. The molecule has 20 heavy (non-hydrogen) atoms. The van der Waals surface area contributed by atoms with Gasteiger partial charge in [0.05, 0.1) is 6.42 Å². The number of amides is 1. The minimum atomic E-state index is -0.910. The fourth-order valence-electron chi connectivity index (χ4n) is 1.76. The number of carbonyl (C=O) groups excluding carboxylic acids is 1. The van der Waals surface area contributed by atoms with Crippen LogP contribution < -0.4 is 0 Å². The normalized spacial score (nSPS) is 11.2. The van der Waals surface area contributed by atoms with Crippen LogP contribution in [0.1, 0.15) is 50.2 Å². The Bertz CT molecular complexity index is 475. The molecule has 1 N–H and O–H groups in total. The molecule has 0 radical (unpaired) electrons. The zero-order valence-electron chi connectivity index (χ0n) is 12.5. The molecular formula is C15H22N2O3. The number of aliphatic carboxylic acids is 1. The molecule has 0 fully saturated rings. The molecule has 1 rings (SSSR count). The first kappa shape index (κ1) is 16.1. The first-order valence-electron chi connectivity index (χ1n) is 6.73. The first-order valence-corrected chi connectivity index (χ1v) is 6.73. The van der Waals surface area contributed by atoms with E-state index in [9.17, 15) is 9.59 Å². The van der Waals surface area contributed by atoms with Crippen LogP contribution in [0.15, 0.2) is 18.3 Å². The maximum atomic E-state index is 12.2. The van der Waals surface area contributed by atoms with E-state index >= 15 is 0 Å². The molecule has 0 aromatic carbocycles. The predicted octanol–water partition coefficient (Wildman–Crippen LogP) is 2.32. The van der Waals surface area contributed by atoms with Gasteiger partial charge in [0.25, 0.3) is 5.91 Å². The van der Waals surface area contributed by atoms with Crippen LogP contribution in [0.5, 0.6) is 0 Å². The van der Waals surface area contributed by atoms with Crippen LogP contribution in [-0.4, -0.2) is 40.0 Å². The van der Waals surface area contributed by atoms with Gasteiger partial charge >= 0.3 is 5.97 Å². The van der Waals surface area contributed by atoms with Crippen LogP contribution in [0.3, 0.4) is 0 Å². The molecule has 0 bridgehead atoms. The standard InChI is InChI=1S/C15H22N2O3/c1-5-17(9-8-13(18)19)14(20)12-7-6-11(10-16-12)15(2,3)4/h6-7,10H,5,8-9H2,1-4H3,(H,18,19). The first-order chi connectivity index (χ1) is 9.25. The van der Waals surface area contributed by atoms with Gasteiger partial charge in [0.1, 0.15) is 5.69 Å². The molecule has 0 saturated carbocycles. The summed E-state index contributed by atoms with van der Waals surface area (Å²) in [6, 6.07) is 3.59. The molecular weight excluding hydrogens is 256 g/mol. The van der Waals surface area contributed by atoms with E-state index in [0.29, 0.717) is 12.2 Å². The smallest absolute Gasteiger partial charge is 0.305 e. The fraction of sp³-hybridized carbons (Fsp3) is 0.533. The molecule has 0 spiro atoms. The molecule has 0 aliphatic rings. The lowest BCUT2D eigenvalue weighted by molar-refractivity contribution is -0.137. The van der Waals surface area contributed by atoms with Gasteiger partial charge in [-0.3, -0.25) is 14.6 Å². The summed E-state index contributed by atoms with van der Waals surface area (Å²) in [5.74, 6) is -1.14. The van der Waals surface area contributed by atoms with Crippen LogP contribution in [0.2, 0.25) is 0 Å². The second-order valence-electron chi connectivity index (χ2n) is 5.71. The number of rotatable bonds is 5. The highest BCUT2D eigenvalue weighted by Gasteiger charge is 2.18. The summed E-state index contributed by atoms with van der Waals surface area (Å²) in [7, 11) is 0. The summed E-state index contributed by atoms with van der Waals surface area (Å²) in [6.07, 6.45) is 1.65. The zero-order chi connectivity index (χ0) is 15.3. The van der Waals surface area contributed by atoms with Gasteiger partial charge in [0.2, 0.25) is 0 Å². The van der Waals surface area contributed by atoms with Crippen molar-refractivity contribution >= 4 is 11.9 Å². The van der Waals surface area contributed by atoms with Crippen LogP contribution in [0, 0.1) is 0 Å². The summed E-state index contributed by atoms with van der Waals surface area (Å²) >= 11 is 0. The van der Waals surface area contributed by atoms with Crippen LogP contribution in [0.4, 0.5) is 0 Å². The molecule has 0 atom stereocenters. The minimum absolute atomic E-state index is 0.0116. The quantitative estimate of drug-likeness (QED) is 0.897. The number of nitrogens with zero attached hydrogens (tertiary/aromatic N) is 2. The Labute approximate surface area is 119 Å². The van der Waals surface area contributed by atoms with Crippen molar-refractivity contribution in [3.8, 4) is 0 Å². The molecule has 5 nitrogen and oxygen atoms in total. The largest absolute Gasteiger partial charge is 0.481 e. The zero-order valence-corrected chi connectivity index (χ0v) is 12.5. The van der Waals surface area contributed by atoms with E-state index in [1.165, 1.54) is 4.90 Å². The van der Waals surface area contributed by atoms with Crippen molar-refractivity contribution in [3.05, 3.63) is 29.6 Å². The number of aromatic nitrogens is 1. The van der Waals surface area contributed by atoms with Crippen molar-refractivity contribution < 1.29 is 14.7 Å². The molecule has 1 aromatic heterocycles. The lowest BCUT2D eigenvalue weighted by Gasteiger charge is -2.21. The van der Waals surface area contributed by atoms with Crippen molar-refractivity contribution in [1.82, 2.24) is 9.88 Å². The van der Waals surface area contributed by atoms with E-state index in [1.807, 2.05) is 13.0 Å². The average Bonchev–Trinajstić information content (AvgIpc) is 2.38. The third-order valence-electron chi connectivity index (χ3n) is 3.11. The van der Waals surface area contributed by atoms with Crippen LogP contribution in [-0.2, 0) is 10.2 Å². The summed E-state index contributed by atoms with van der Waals surface area (Å²) in [6.45, 7) is 8.73. The lowest BCUT2D eigenvalue weighted by Crippen LogP contribution is -2.33. The van der Waals surface area contributed by atoms with Gasteiger partial charge in [0.15, 0.2) is 0 Å². The fourth-order valence-corrected chi connectivity index (χ4v) is 1.76. The van der Waals surface area contributed by atoms with Crippen molar-refractivity contribution in [3.63, 3.8) is 0 Å². The maximum absolute atomic E-state index is 12.2. The topological polar surface area (TPSA) is 70.5 Å². The summed E-state index contributed by atoms with van der Waals surface area (Å²) < 4.78 is 0. The van der Waals surface area contributed by atoms with E-state index < -0.39 is 5.97 Å². The molecule has 0 aliphatic heterocycles. The Balaban J connectivity index is 2.82. The summed E-state index contributed by atoms with van der Waals surface area (Å²) in [4.78, 5) is 28.5. The van der Waals surface area contributed by atoms with E-state index in [1.54, 1.807) is 12.3 Å². The molecule has 1 heterocycles. The van der Waals surface area contributed by atoms with E-state index in [4.69, 9.17) is 5.11 Å². The van der Waals surface area contributed by atoms with Crippen molar-refractivity contribution in [2.75, 3.05) is 13.1 Å². The molecule has 0 aliphatic carbocycles. The SMILES string of the molecule is CCN(CCC(=O)O)C(=O)c1ccc(C(C)(C)C)cn1. The summed E-state index contributed by atoms with van der Waals surface area (Å²) in [5, 5.41) is 8.68. The van der Waals surface area contributed by atoms with Gasteiger partial charge in [-0.25, -0.2) is 0 Å². The Hall–Kier alpha value is -1.91. The number of carboxylic acids is 1. The highest BCUT2D eigenvalue weighted by molar-refractivity contribution is 5.92. The Morgan fingerprint density at radius 2 is 1.95 bits per heavy atom. The van der Waals surface area contributed by atoms with E-state index in [0.717, 1.165) is 5.56 Å². The monoisotopic (exact) mass is 278 g/mol. The lowest BCUT2D eigenvalue weighted by atomic mass is 9.88.